The summed E-state index contributed by atoms with van der Waals surface area (Å²) in [6.45, 7) is 4.20. The Morgan fingerprint density at radius 3 is 2.77 bits per heavy atom. The van der Waals surface area contributed by atoms with Crippen LogP contribution in [-0.2, 0) is 0 Å². The second-order valence-corrected chi connectivity index (χ2v) is 5.37. The number of aliphatic hydroxyl groups is 1. The second-order valence-electron chi connectivity index (χ2n) is 3.23. The van der Waals surface area contributed by atoms with Crippen LogP contribution in [0.3, 0.4) is 0 Å². The van der Waals surface area contributed by atoms with Gasteiger partial charge >= 0.3 is 0 Å². The number of aryl methyl sites for hydroxylation is 1. The van der Waals surface area contributed by atoms with Crippen molar-refractivity contribution < 1.29 is 5.11 Å². The molecule has 1 nitrogen and oxygen atoms in total. The van der Waals surface area contributed by atoms with E-state index in [1.165, 1.54) is 4.88 Å². The standard InChI is InChI=1S/C10H15BrOS/c1-3-4-5-9(12)10-8(11)6-7(2)13-10/h6,9,12H,3-5H2,1-2H3. The number of hydrogen-bond donors (Lipinski definition) is 1. The molecule has 1 N–H and O–H groups in total. The van der Waals surface area contributed by atoms with Crippen LogP contribution in [0.5, 0.6) is 0 Å². The Morgan fingerprint density at radius 1 is 1.62 bits per heavy atom. The van der Waals surface area contributed by atoms with E-state index in [0.29, 0.717) is 0 Å². The summed E-state index contributed by atoms with van der Waals surface area (Å²) in [5, 5.41) is 9.83. The highest BCUT2D eigenvalue weighted by molar-refractivity contribution is 9.10. The third kappa shape index (κ3) is 3.08. The summed E-state index contributed by atoms with van der Waals surface area (Å²) in [6.07, 6.45) is 2.81. The van der Waals surface area contributed by atoms with E-state index in [-0.39, 0.29) is 6.10 Å². The van der Waals surface area contributed by atoms with Crippen molar-refractivity contribution in [2.24, 2.45) is 0 Å². The number of aliphatic hydroxyl groups excluding tert-OH is 1. The topological polar surface area (TPSA) is 20.2 Å². The van der Waals surface area contributed by atoms with Crippen molar-refractivity contribution in [3.63, 3.8) is 0 Å². The van der Waals surface area contributed by atoms with Gasteiger partial charge in [0.25, 0.3) is 0 Å². The fourth-order valence-corrected chi connectivity index (χ4v) is 3.19. The van der Waals surface area contributed by atoms with Crippen LogP contribution in [0.15, 0.2) is 10.5 Å². The van der Waals surface area contributed by atoms with Crippen LogP contribution >= 0.6 is 27.3 Å². The molecule has 3 heteroatoms. The van der Waals surface area contributed by atoms with Crippen LogP contribution in [0, 0.1) is 6.92 Å². The number of halogens is 1. The van der Waals surface area contributed by atoms with Crippen molar-refractivity contribution in [2.75, 3.05) is 0 Å². The first-order valence-electron chi connectivity index (χ1n) is 4.59. The largest absolute Gasteiger partial charge is 0.388 e. The van der Waals surface area contributed by atoms with Gasteiger partial charge in [0.1, 0.15) is 0 Å². The van der Waals surface area contributed by atoms with Gasteiger partial charge in [0.2, 0.25) is 0 Å². The van der Waals surface area contributed by atoms with Gasteiger partial charge < -0.3 is 5.11 Å². The molecule has 1 unspecified atom stereocenters. The van der Waals surface area contributed by atoms with Crippen molar-refractivity contribution >= 4 is 27.3 Å². The molecule has 0 aliphatic carbocycles. The van der Waals surface area contributed by atoms with Gasteiger partial charge in [0.05, 0.1) is 6.10 Å². The maximum absolute atomic E-state index is 9.83. The lowest BCUT2D eigenvalue weighted by molar-refractivity contribution is 0.167. The third-order valence-electron chi connectivity index (χ3n) is 1.97. The smallest absolute Gasteiger partial charge is 0.0893 e. The summed E-state index contributed by atoms with van der Waals surface area (Å²) in [4.78, 5) is 2.32. The van der Waals surface area contributed by atoms with E-state index >= 15 is 0 Å². The minimum Gasteiger partial charge on any atom is -0.388 e. The van der Waals surface area contributed by atoms with E-state index in [1.54, 1.807) is 11.3 Å². The predicted molar refractivity (Wildman–Crippen MR) is 61.2 cm³/mol. The normalized spacial score (nSPS) is 13.2. The molecule has 0 amide bonds. The Bertz CT molecular complexity index is 270. The molecule has 1 aromatic rings. The van der Waals surface area contributed by atoms with E-state index in [2.05, 4.69) is 35.8 Å². The summed E-state index contributed by atoms with van der Waals surface area (Å²) in [6, 6.07) is 2.06. The van der Waals surface area contributed by atoms with E-state index < -0.39 is 0 Å². The van der Waals surface area contributed by atoms with Crippen molar-refractivity contribution in [1.82, 2.24) is 0 Å². The van der Waals surface area contributed by atoms with Gasteiger partial charge in [-0.2, -0.15) is 0 Å². The number of unbranched alkanes of at least 4 members (excludes halogenated alkanes) is 1. The Kier molecular flexibility index (Phi) is 4.42. The molecule has 1 aromatic heterocycles. The lowest BCUT2D eigenvalue weighted by atomic mass is 10.1. The van der Waals surface area contributed by atoms with Crippen LogP contribution in [-0.4, -0.2) is 5.11 Å². The molecule has 0 fully saturated rings. The summed E-state index contributed by atoms with van der Waals surface area (Å²) >= 11 is 5.14. The number of hydrogen-bond acceptors (Lipinski definition) is 2. The summed E-state index contributed by atoms with van der Waals surface area (Å²) in [5.74, 6) is 0. The van der Waals surface area contributed by atoms with E-state index in [4.69, 9.17) is 0 Å². The fourth-order valence-electron chi connectivity index (χ4n) is 1.26. The van der Waals surface area contributed by atoms with Gasteiger partial charge in [0.15, 0.2) is 0 Å². The van der Waals surface area contributed by atoms with E-state index in [1.807, 2.05) is 0 Å². The minimum atomic E-state index is -0.284. The monoisotopic (exact) mass is 262 g/mol. The summed E-state index contributed by atoms with van der Waals surface area (Å²) < 4.78 is 1.05. The van der Waals surface area contributed by atoms with Crippen molar-refractivity contribution in [3.05, 3.63) is 20.3 Å². The van der Waals surface area contributed by atoms with Gasteiger partial charge in [-0.05, 0) is 35.3 Å². The molecule has 1 rings (SSSR count). The van der Waals surface area contributed by atoms with Crippen LogP contribution in [0.1, 0.15) is 42.0 Å². The summed E-state index contributed by atoms with van der Waals surface area (Å²) in [5.41, 5.74) is 0. The molecular formula is C10H15BrOS. The average Bonchev–Trinajstić information content (AvgIpc) is 2.41. The molecule has 0 aliphatic heterocycles. The maximum Gasteiger partial charge on any atom is 0.0893 e. The van der Waals surface area contributed by atoms with E-state index in [0.717, 1.165) is 28.6 Å². The molecule has 0 radical (unpaired) electrons. The first kappa shape index (κ1) is 11.2. The van der Waals surface area contributed by atoms with Crippen LogP contribution in [0.4, 0.5) is 0 Å². The molecule has 13 heavy (non-hydrogen) atoms. The average molecular weight is 263 g/mol. The highest BCUT2D eigenvalue weighted by Gasteiger charge is 2.13. The first-order valence-corrected chi connectivity index (χ1v) is 6.20. The molecule has 1 heterocycles. The zero-order chi connectivity index (χ0) is 9.84. The lowest BCUT2D eigenvalue weighted by Crippen LogP contribution is -1.94. The molecule has 0 aromatic carbocycles. The fraction of sp³-hybridized carbons (Fsp3) is 0.600. The van der Waals surface area contributed by atoms with Gasteiger partial charge in [-0.15, -0.1) is 11.3 Å². The Hall–Kier alpha value is 0.140. The molecule has 0 bridgehead atoms. The van der Waals surface area contributed by atoms with Crippen molar-refractivity contribution in [2.45, 2.75) is 39.2 Å². The molecule has 1 atom stereocenters. The SMILES string of the molecule is CCCCC(O)c1sc(C)cc1Br. The second kappa shape index (κ2) is 5.13. The Morgan fingerprint density at radius 2 is 2.31 bits per heavy atom. The van der Waals surface area contributed by atoms with Gasteiger partial charge in [-0.3, -0.25) is 0 Å². The highest BCUT2D eigenvalue weighted by Crippen LogP contribution is 2.34. The molecule has 74 valence electrons. The number of rotatable bonds is 4. The van der Waals surface area contributed by atoms with Crippen molar-refractivity contribution in [3.8, 4) is 0 Å². The lowest BCUT2D eigenvalue weighted by Gasteiger charge is -2.07. The molecule has 0 saturated carbocycles. The molecule has 0 aliphatic rings. The molecule has 0 saturated heterocycles. The Balaban J connectivity index is 2.64. The van der Waals surface area contributed by atoms with Gasteiger partial charge in [0, 0.05) is 14.2 Å². The van der Waals surface area contributed by atoms with Crippen LogP contribution in [0.25, 0.3) is 0 Å². The highest BCUT2D eigenvalue weighted by atomic mass is 79.9. The van der Waals surface area contributed by atoms with Crippen LogP contribution in [0.2, 0.25) is 0 Å². The first-order chi connectivity index (χ1) is 6.15. The molecular weight excluding hydrogens is 248 g/mol. The predicted octanol–water partition coefficient (Wildman–Crippen LogP) is 4.04. The van der Waals surface area contributed by atoms with Crippen molar-refractivity contribution in [1.29, 1.82) is 0 Å². The van der Waals surface area contributed by atoms with Gasteiger partial charge in [-0.1, -0.05) is 19.8 Å². The maximum atomic E-state index is 9.83. The molecule has 0 spiro atoms. The summed E-state index contributed by atoms with van der Waals surface area (Å²) in [7, 11) is 0. The zero-order valence-corrected chi connectivity index (χ0v) is 10.4. The Labute approximate surface area is 91.9 Å². The minimum absolute atomic E-state index is 0.284. The van der Waals surface area contributed by atoms with Gasteiger partial charge in [-0.25, -0.2) is 0 Å². The van der Waals surface area contributed by atoms with Crippen LogP contribution < -0.4 is 0 Å². The zero-order valence-electron chi connectivity index (χ0n) is 8.01. The third-order valence-corrected chi connectivity index (χ3v) is 4.04. The van der Waals surface area contributed by atoms with E-state index in [9.17, 15) is 5.11 Å². The number of thiophene rings is 1. The quantitative estimate of drug-likeness (QED) is 0.869.